The molecule has 0 radical (unpaired) electrons. The minimum Gasteiger partial charge on any atom is -0.481 e. The molecule has 0 saturated heterocycles. The molecule has 5 heteroatoms. The summed E-state index contributed by atoms with van der Waals surface area (Å²) >= 11 is 0. The third kappa shape index (κ3) is 5.60. The molecule has 0 heterocycles. The molecular formula is C11H19NO4. The van der Waals surface area contributed by atoms with Crippen molar-refractivity contribution in [3.05, 3.63) is 0 Å². The summed E-state index contributed by atoms with van der Waals surface area (Å²) in [6, 6.07) is -0.474. The first-order valence-corrected chi connectivity index (χ1v) is 5.30. The molecule has 0 fully saturated rings. The molecule has 2 atom stereocenters. The zero-order valence-corrected chi connectivity index (χ0v) is 9.95. The average molecular weight is 229 g/mol. The number of nitrogens with one attached hydrogen (secondary N) is 1. The van der Waals surface area contributed by atoms with Gasteiger partial charge in [0, 0.05) is 18.8 Å². The maximum Gasteiger partial charge on any atom is 0.303 e. The minimum atomic E-state index is -0.923. The SMILES string of the molecule is CN[C@@H](CCC(=O)O)C(=O)C[C@H](C)C(C)=O. The monoisotopic (exact) mass is 229 g/mol. The van der Waals surface area contributed by atoms with E-state index in [-0.39, 0.29) is 36.7 Å². The standard InChI is InChI=1S/C11H19NO4/c1-7(8(2)13)6-10(14)9(12-3)4-5-11(15)16/h7,9,12H,4-6H2,1-3H3,(H,15,16)/t7-,9-/m0/s1. The van der Waals surface area contributed by atoms with Gasteiger partial charge in [-0.1, -0.05) is 6.92 Å². The molecule has 0 saturated carbocycles. The van der Waals surface area contributed by atoms with Crippen LogP contribution in [0.1, 0.15) is 33.1 Å². The summed E-state index contributed by atoms with van der Waals surface area (Å²) in [6.07, 6.45) is 0.376. The van der Waals surface area contributed by atoms with Crippen LogP contribution in [0.5, 0.6) is 0 Å². The van der Waals surface area contributed by atoms with E-state index in [0.29, 0.717) is 0 Å². The number of ketones is 2. The van der Waals surface area contributed by atoms with Crippen LogP contribution in [-0.2, 0) is 14.4 Å². The molecular weight excluding hydrogens is 210 g/mol. The number of carboxylic acid groups (broad SMARTS) is 1. The third-order valence-corrected chi connectivity index (χ3v) is 2.59. The fourth-order valence-corrected chi connectivity index (χ4v) is 1.32. The van der Waals surface area contributed by atoms with E-state index in [9.17, 15) is 14.4 Å². The highest BCUT2D eigenvalue weighted by atomic mass is 16.4. The summed E-state index contributed by atoms with van der Waals surface area (Å²) in [4.78, 5) is 33.1. The van der Waals surface area contributed by atoms with E-state index in [1.165, 1.54) is 6.92 Å². The number of hydrogen-bond acceptors (Lipinski definition) is 4. The molecule has 0 unspecified atom stereocenters. The summed E-state index contributed by atoms with van der Waals surface area (Å²) < 4.78 is 0. The molecule has 0 aliphatic heterocycles. The first-order valence-electron chi connectivity index (χ1n) is 5.30. The number of Topliss-reactive ketones (excluding diaryl/α,β-unsaturated/α-hetero) is 2. The summed E-state index contributed by atoms with van der Waals surface area (Å²) in [7, 11) is 1.61. The Kier molecular flexibility index (Phi) is 6.56. The molecule has 5 nitrogen and oxygen atoms in total. The van der Waals surface area contributed by atoms with Gasteiger partial charge in [0.05, 0.1) is 6.04 Å². The molecule has 0 aliphatic carbocycles. The predicted molar refractivity (Wildman–Crippen MR) is 59.2 cm³/mol. The minimum absolute atomic E-state index is 0.0264. The summed E-state index contributed by atoms with van der Waals surface area (Å²) in [5.74, 6) is -1.35. The largest absolute Gasteiger partial charge is 0.481 e. The molecule has 92 valence electrons. The van der Waals surface area contributed by atoms with Crippen LogP contribution >= 0.6 is 0 Å². The molecule has 2 N–H and O–H groups in total. The maximum absolute atomic E-state index is 11.7. The number of likely N-dealkylation sites (N-methyl/N-ethyl adjacent to an activating group) is 1. The fourth-order valence-electron chi connectivity index (χ4n) is 1.32. The molecule has 0 spiro atoms. The fraction of sp³-hybridized carbons (Fsp3) is 0.727. The van der Waals surface area contributed by atoms with E-state index in [1.54, 1.807) is 14.0 Å². The van der Waals surface area contributed by atoms with Crippen molar-refractivity contribution >= 4 is 17.5 Å². The summed E-state index contributed by atoms with van der Waals surface area (Å²) in [5, 5.41) is 11.3. The first-order chi connectivity index (χ1) is 7.38. The van der Waals surface area contributed by atoms with Crippen molar-refractivity contribution in [1.29, 1.82) is 0 Å². The Labute approximate surface area is 95.2 Å². The van der Waals surface area contributed by atoms with Crippen molar-refractivity contribution in [2.75, 3.05) is 7.05 Å². The molecule has 16 heavy (non-hydrogen) atoms. The van der Waals surface area contributed by atoms with Crippen LogP contribution in [0.2, 0.25) is 0 Å². The lowest BCUT2D eigenvalue weighted by molar-refractivity contribution is -0.137. The average Bonchev–Trinajstić information content (AvgIpc) is 2.17. The molecule has 0 aromatic carbocycles. The second-order valence-electron chi connectivity index (χ2n) is 3.96. The van der Waals surface area contributed by atoms with Crippen LogP contribution in [0.25, 0.3) is 0 Å². The lowest BCUT2D eigenvalue weighted by Crippen LogP contribution is -2.36. The summed E-state index contributed by atoms with van der Waals surface area (Å²) in [5.41, 5.74) is 0. The Morgan fingerprint density at radius 3 is 2.25 bits per heavy atom. The predicted octanol–water partition coefficient (Wildman–Crippen LogP) is 0.623. The van der Waals surface area contributed by atoms with Crippen LogP contribution in [0.4, 0.5) is 0 Å². The molecule has 0 rings (SSSR count). The zero-order chi connectivity index (χ0) is 12.7. The van der Waals surface area contributed by atoms with E-state index in [1.807, 2.05) is 0 Å². The van der Waals surface area contributed by atoms with Crippen LogP contribution < -0.4 is 5.32 Å². The van der Waals surface area contributed by atoms with Crippen LogP contribution in [0.15, 0.2) is 0 Å². The van der Waals surface area contributed by atoms with Gasteiger partial charge >= 0.3 is 5.97 Å². The Morgan fingerprint density at radius 2 is 1.88 bits per heavy atom. The van der Waals surface area contributed by atoms with Crippen LogP contribution in [0.3, 0.4) is 0 Å². The topological polar surface area (TPSA) is 83.5 Å². The van der Waals surface area contributed by atoms with E-state index in [4.69, 9.17) is 5.11 Å². The molecule has 0 aromatic rings. The van der Waals surface area contributed by atoms with Gasteiger partial charge in [-0.2, -0.15) is 0 Å². The highest BCUT2D eigenvalue weighted by molar-refractivity contribution is 5.89. The number of rotatable bonds is 8. The number of hydrogen-bond donors (Lipinski definition) is 2. The number of aliphatic carboxylic acids is 1. The van der Waals surface area contributed by atoms with E-state index >= 15 is 0 Å². The highest BCUT2D eigenvalue weighted by Crippen LogP contribution is 2.09. The van der Waals surface area contributed by atoms with Gasteiger partial charge in [0.25, 0.3) is 0 Å². The molecule has 0 amide bonds. The Balaban J connectivity index is 4.20. The van der Waals surface area contributed by atoms with Gasteiger partial charge in [-0.3, -0.25) is 14.4 Å². The van der Waals surface area contributed by atoms with Gasteiger partial charge in [-0.15, -0.1) is 0 Å². The van der Waals surface area contributed by atoms with E-state index < -0.39 is 12.0 Å². The van der Waals surface area contributed by atoms with Gasteiger partial charge in [-0.05, 0) is 20.4 Å². The Morgan fingerprint density at radius 1 is 1.31 bits per heavy atom. The number of carbonyl (C=O) groups excluding carboxylic acids is 2. The molecule has 0 aliphatic rings. The van der Waals surface area contributed by atoms with Gasteiger partial charge in [0.15, 0.2) is 0 Å². The van der Waals surface area contributed by atoms with Crippen molar-refractivity contribution in [2.45, 2.75) is 39.2 Å². The highest BCUT2D eigenvalue weighted by Gasteiger charge is 2.21. The Hall–Kier alpha value is -1.23. The van der Waals surface area contributed by atoms with Crippen molar-refractivity contribution in [2.24, 2.45) is 5.92 Å². The van der Waals surface area contributed by atoms with Crippen LogP contribution in [-0.4, -0.2) is 35.7 Å². The lowest BCUT2D eigenvalue weighted by Gasteiger charge is -2.15. The third-order valence-electron chi connectivity index (χ3n) is 2.59. The second kappa shape index (κ2) is 7.11. The summed E-state index contributed by atoms with van der Waals surface area (Å²) in [6.45, 7) is 3.15. The number of carbonyl (C=O) groups is 3. The number of carboxylic acids is 1. The zero-order valence-electron chi connectivity index (χ0n) is 9.95. The lowest BCUT2D eigenvalue weighted by atomic mass is 9.95. The maximum atomic E-state index is 11.7. The van der Waals surface area contributed by atoms with Crippen molar-refractivity contribution in [1.82, 2.24) is 5.32 Å². The van der Waals surface area contributed by atoms with Gasteiger partial charge < -0.3 is 10.4 Å². The van der Waals surface area contributed by atoms with Crippen LogP contribution in [0, 0.1) is 5.92 Å². The van der Waals surface area contributed by atoms with Crippen molar-refractivity contribution in [3.8, 4) is 0 Å². The molecule has 0 aromatic heterocycles. The van der Waals surface area contributed by atoms with Crippen molar-refractivity contribution < 1.29 is 19.5 Å². The Bertz CT molecular complexity index is 275. The van der Waals surface area contributed by atoms with Gasteiger partial charge in [0.2, 0.25) is 0 Å². The second-order valence-corrected chi connectivity index (χ2v) is 3.96. The van der Waals surface area contributed by atoms with Gasteiger partial charge in [-0.25, -0.2) is 0 Å². The van der Waals surface area contributed by atoms with E-state index in [0.717, 1.165) is 0 Å². The quantitative estimate of drug-likeness (QED) is 0.637. The molecule has 0 bridgehead atoms. The normalized spacial score (nSPS) is 14.2. The van der Waals surface area contributed by atoms with Gasteiger partial charge in [0.1, 0.15) is 11.6 Å². The van der Waals surface area contributed by atoms with E-state index in [2.05, 4.69) is 5.32 Å². The first kappa shape index (κ1) is 14.8. The van der Waals surface area contributed by atoms with Crippen molar-refractivity contribution in [3.63, 3.8) is 0 Å². The smallest absolute Gasteiger partial charge is 0.303 e.